The van der Waals surface area contributed by atoms with Crippen molar-refractivity contribution in [2.45, 2.75) is 31.7 Å². The highest BCUT2D eigenvalue weighted by molar-refractivity contribution is 7.12. The van der Waals surface area contributed by atoms with Gasteiger partial charge in [0.25, 0.3) is 5.91 Å². The van der Waals surface area contributed by atoms with E-state index >= 15 is 0 Å². The predicted molar refractivity (Wildman–Crippen MR) is 74.1 cm³/mol. The van der Waals surface area contributed by atoms with Gasteiger partial charge in [-0.25, -0.2) is 0 Å². The highest BCUT2D eigenvalue weighted by Gasteiger charge is 2.31. The van der Waals surface area contributed by atoms with Crippen molar-refractivity contribution in [3.05, 3.63) is 22.4 Å². The number of amides is 2. The maximum absolute atomic E-state index is 12.2. The molecule has 3 rings (SSSR count). The van der Waals surface area contributed by atoms with Gasteiger partial charge < -0.3 is 10.2 Å². The summed E-state index contributed by atoms with van der Waals surface area (Å²) in [4.78, 5) is 26.8. The topological polar surface area (TPSA) is 49.4 Å². The number of nitrogens with zero attached hydrogens (tertiary/aromatic N) is 1. The van der Waals surface area contributed by atoms with Crippen molar-refractivity contribution < 1.29 is 9.59 Å². The van der Waals surface area contributed by atoms with Crippen molar-refractivity contribution in [3.8, 4) is 0 Å². The first-order valence-electron chi connectivity index (χ1n) is 6.87. The molecular formula is C14H18N2O2S. The van der Waals surface area contributed by atoms with Gasteiger partial charge in [-0.3, -0.25) is 9.59 Å². The summed E-state index contributed by atoms with van der Waals surface area (Å²) >= 11 is 1.48. The lowest BCUT2D eigenvalue weighted by Crippen LogP contribution is -2.43. The third-order valence-electron chi connectivity index (χ3n) is 3.81. The molecular weight excluding hydrogens is 260 g/mol. The monoisotopic (exact) mass is 278 g/mol. The number of piperidine rings is 1. The predicted octanol–water partition coefficient (Wildman–Crippen LogP) is 1.88. The fraction of sp³-hybridized carbons (Fsp3) is 0.571. The van der Waals surface area contributed by atoms with E-state index in [-0.39, 0.29) is 17.7 Å². The minimum Gasteiger partial charge on any atom is -0.353 e. The fourth-order valence-corrected chi connectivity index (χ4v) is 3.14. The molecule has 2 aliphatic rings. The number of likely N-dealkylation sites (tertiary alicyclic amines) is 1. The van der Waals surface area contributed by atoms with Crippen LogP contribution >= 0.6 is 11.3 Å². The van der Waals surface area contributed by atoms with Crippen molar-refractivity contribution >= 4 is 23.2 Å². The Labute approximate surface area is 116 Å². The van der Waals surface area contributed by atoms with Crippen LogP contribution in [0.3, 0.4) is 0 Å². The SMILES string of the molecule is O=C(NC1CC1)C1CCN(C(=O)c2cccs2)CC1. The van der Waals surface area contributed by atoms with Crippen LogP contribution < -0.4 is 5.32 Å². The molecule has 0 unspecified atom stereocenters. The minimum atomic E-state index is 0.0907. The molecule has 0 radical (unpaired) electrons. The Bertz CT molecular complexity index is 460. The maximum atomic E-state index is 12.2. The van der Waals surface area contributed by atoms with Gasteiger partial charge in [0.15, 0.2) is 0 Å². The average Bonchev–Trinajstić information content (AvgIpc) is 3.08. The maximum Gasteiger partial charge on any atom is 0.263 e. The molecule has 0 atom stereocenters. The summed E-state index contributed by atoms with van der Waals surface area (Å²) in [6.07, 6.45) is 3.83. The average molecular weight is 278 g/mol. The highest BCUT2D eigenvalue weighted by atomic mass is 32.1. The smallest absolute Gasteiger partial charge is 0.263 e. The Balaban J connectivity index is 1.51. The van der Waals surface area contributed by atoms with Crippen LogP contribution in [0.5, 0.6) is 0 Å². The molecule has 1 aliphatic heterocycles. The van der Waals surface area contributed by atoms with E-state index in [1.54, 1.807) is 0 Å². The summed E-state index contributed by atoms with van der Waals surface area (Å²) in [7, 11) is 0. The third kappa shape index (κ3) is 2.97. The van der Waals surface area contributed by atoms with Gasteiger partial charge in [-0.15, -0.1) is 11.3 Å². The van der Waals surface area contributed by atoms with Gasteiger partial charge in [0.1, 0.15) is 0 Å². The number of hydrogen-bond donors (Lipinski definition) is 1. The Kier molecular flexibility index (Phi) is 3.55. The van der Waals surface area contributed by atoms with Gasteiger partial charge in [0, 0.05) is 25.0 Å². The molecule has 2 fully saturated rings. The molecule has 2 heterocycles. The van der Waals surface area contributed by atoms with Crippen molar-refractivity contribution in [1.29, 1.82) is 0 Å². The van der Waals surface area contributed by atoms with E-state index in [0.29, 0.717) is 19.1 Å². The number of carbonyl (C=O) groups excluding carboxylic acids is 2. The summed E-state index contributed by atoms with van der Waals surface area (Å²) < 4.78 is 0. The summed E-state index contributed by atoms with van der Waals surface area (Å²) in [6, 6.07) is 4.19. The zero-order chi connectivity index (χ0) is 13.2. The summed E-state index contributed by atoms with van der Waals surface area (Å²) in [5.41, 5.74) is 0. The van der Waals surface area contributed by atoms with Crippen LogP contribution in [-0.2, 0) is 4.79 Å². The van der Waals surface area contributed by atoms with E-state index in [0.717, 1.165) is 30.6 Å². The molecule has 1 aromatic heterocycles. The minimum absolute atomic E-state index is 0.0907. The van der Waals surface area contributed by atoms with Crippen LogP contribution in [0.1, 0.15) is 35.4 Å². The van der Waals surface area contributed by atoms with E-state index in [4.69, 9.17) is 0 Å². The number of thiophene rings is 1. The first-order chi connectivity index (χ1) is 9.24. The second kappa shape index (κ2) is 5.33. The van der Waals surface area contributed by atoms with Crippen LogP contribution in [0.15, 0.2) is 17.5 Å². The second-order valence-electron chi connectivity index (χ2n) is 5.33. The molecule has 1 saturated heterocycles. The number of nitrogens with one attached hydrogen (secondary N) is 1. The van der Waals surface area contributed by atoms with Crippen LogP contribution in [0, 0.1) is 5.92 Å². The standard InChI is InChI=1S/C14H18N2O2S/c17-13(15-11-3-4-11)10-5-7-16(8-6-10)14(18)12-2-1-9-19-12/h1-2,9-11H,3-8H2,(H,15,17). The molecule has 0 aromatic carbocycles. The van der Waals surface area contributed by atoms with Crippen molar-refractivity contribution in [3.63, 3.8) is 0 Å². The molecule has 4 nitrogen and oxygen atoms in total. The van der Waals surface area contributed by atoms with Crippen LogP contribution in [-0.4, -0.2) is 35.8 Å². The molecule has 1 N–H and O–H groups in total. The Morgan fingerprint density at radius 2 is 1.95 bits per heavy atom. The molecule has 5 heteroatoms. The van der Waals surface area contributed by atoms with Crippen molar-refractivity contribution in [1.82, 2.24) is 10.2 Å². The Morgan fingerprint density at radius 1 is 1.21 bits per heavy atom. The van der Waals surface area contributed by atoms with Gasteiger partial charge >= 0.3 is 0 Å². The van der Waals surface area contributed by atoms with Gasteiger partial charge in [0.2, 0.25) is 5.91 Å². The van der Waals surface area contributed by atoms with Crippen molar-refractivity contribution in [2.75, 3.05) is 13.1 Å². The first-order valence-corrected chi connectivity index (χ1v) is 7.75. The summed E-state index contributed by atoms with van der Waals surface area (Å²) in [5, 5.41) is 4.97. The first kappa shape index (κ1) is 12.7. The molecule has 2 amide bonds. The van der Waals surface area contributed by atoms with Gasteiger partial charge in [0.05, 0.1) is 4.88 Å². The molecule has 1 saturated carbocycles. The van der Waals surface area contributed by atoms with E-state index in [1.807, 2.05) is 22.4 Å². The fourth-order valence-electron chi connectivity index (χ4n) is 2.45. The zero-order valence-electron chi connectivity index (χ0n) is 10.8. The van der Waals surface area contributed by atoms with Gasteiger partial charge in [-0.05, 0) is 37.1 Å². The molecule has 102 valence electrons. The third-order valence-corrected chi connectivity index (χ3v) is 4.67. The molecule has 1 aliphatic carbocycles. The highest BCUT2D eigenvalue weighted by Crippen LogP contribution is 2.23. The Morgan fingerprint density at radius 3 is 2.53 bits per heavy atom. The summed E-state index contributed by atoms with van der Waals surface area (Å²) in [5.74, 6) is 0.384. The van der Waals surface area contributed by atoms with Gasteiger partial charge in [-0.1, -0.05) is 6.07 Å². The molecule has 0 spiro atoms. The van der Waals surface area contributed by atoms with E-state index in [1.165, 1.54) is 11.3 Å². The van der Waals surface area contributed by atoms with E-state index in [9.17, 15) is 9.59 Å². The largest absolute Gasteiger partial charge is 0.353 e. The number of hydrogen-bond acceptors (Lipinski definition) is 3. The van der Waals surface area contributed by atoms with Crippen LogP contribution in [0.4, 0.5) is 0 Å². The Hall–Kier alpha value is -1.36. The quantitative estimate of drug-likeness (QED) is 0.917. The number of carbonyl (C=O) groups is 2. The molecule has 19 heavy (non-hydrogen) atoms. The normalized spacial score (nSPS) is 20.3. The second-order valence-corrected chi connectivity index (χ2v) is 6.27. The van der Waals surface area contributed by atoms with E-state index < -0.39 is 0 Å². The zero-order valence-corrected chi connectivity index (χ0v) is 11.6. The lowest BCUT2D eigenvalue weighted by Gasteiger charge is -2.31. The lowest BCUT2D eigenvalue weighted by molar-refractivity contribution is -0.126. The molecule has 1 aromatic rings. The lowest BCUT2D eigenvalue weighted by atomic mass is 9.95. The van der Waals surface area contributed by atoms with Crippen molar-refractivity contribution in [2.24, 2.45) is 5.92 Å². The van der Waals surface area contributed by atoms with E-state index in [2.05, 4.69) is 5.32 Å². The van der Waals surface area contributed by atoms with Gasteiger partial charge in [-0.2, -0.15) is 0 Å². The number of rotatable bonds is 3. The van der Waals surface area contributed by atoms with Crippen LogP contribution in [0.2, 0.25) is 0 Å². The summed E-state index contributed by atoms with van der Waals surface area (Å²) in [6.45, 7) is 1.39. The van der Waals surface area contributed by atoms with Crippen LogP contribution in [0.25, 0.3) is 0 Å². The molecule has 0 bridgehead atoms.